The third-order valence-corrected chi connectivity index (χ3v) is 8.63. The average molecular weight is 566 g/mol. The van der Waals surface area contributed by atoms with Crippen molar-refractivity contribution in [2.75, 3.05) is 13.1 Å². The largest absolute Gasteiger partial charge is 0.439 e. The first-order valence-electron chi connectivity index (χ1n) is 9.94. The number of hydrogen-bond acceptors (Lipinski definition) is 5. The van der Waals surface area contributed by atoms with E-state index in [0.717, 1.165) is 0 Å². The first-order valence-corrected chi connectivity index (χ1v) is 13.6. The molecule has 1 saturated heterocycles. The lowest BCUT2D eigenvalue weighted by molar-refractivity contribution is -0.246. The Bertz CT molecular complexity index is 1140. The lowest BCUT2D eigenvalue weighted by Crippen LogP contribution is -2.63. The molecule has 0 radical (unpaired) electrons. The number of halogens is 6. The molecule has 15 heteroatoms. The summed E-state index contributed by atoms with van der Waals surface area (Å²) < 4.78 is 131. The molecule has 1 N–H and O–H groups in total. The van der Waals surface area contributed by atoms with Crippen molar-refractivity contribution in [3.8, 4) is 0 Å². The Balaban J connectivity index is 0.000000279. The van der Waals surface area contributed by atoms with Gasteiger partial charge in [-0.2, -0.15) is 39.1 Å². The van der Waals surface area contributed by atoms with Gasteiger partial charge in [0.1, 0.15) is 0 Å². The molecule has 196 valence electrons. The van der Waals surface area contributed by atoms with E-state index in [-0.39, 0.29) is 17.1 Å². The smallest absolute Gasteiger partial charge is 0.281 e. The summed E-state index contributed by atoms with van der Waals surface area (Å²) in [6, 6.07) is 20.8. The minimum absolute atomic E-state index is 0.0512. The molecule has 6 nitrogen and oxygen atoms in total. The Labute approximate surface area is 203 Å². The molecule has 0 amide bonds. The van der Waals surface area contributed by atoms with Crippen molar-refractivity contribution in [3.63, 3.8) is 0 Å². The maximum absolute atomic E-state index is 13.6. The van der Waals surface area contributed by atoms with Gasteiger partial charge in [-0.1, -0.05) is 54.6 Å². The third-order valence-electron chi connectivity index (χ3n) is 4.76. The zero-order valence-corrected chi connectivity index (χ0v) is 20.3. The molecule has 1 aliphatic rings. The Hall–Kier alpha value is -1.81. The molecule has 1 heterocycles. The highest BCUT2D eigenvalue weighted by atomic mass is 32.2. The summed E-state index contributed by atoms with van der Waals surface area (Å²) >= 11 is 1.79. The van der Waals surface area contributed by atoms with Gasteiger partial charge in [-0.05, 0) is 37.1 Å². The van der Waals surface area contributed by atoms with Crippen LogP contribution in [0, 0.1) is 0 Å². The summed E-state index contributed by atoms with van der Waals surface area (Å²) in [6.45, 7) is -1.18. The molecule has 1 aliphatic heterocycles. The second-order valence-electron chi connectivity index (χ2n) is 7.28. The number of nitrogens with zero attached hydrogens (tertiary/aromatic N) is 1. The average Bonchev–Trinajstić information content (AvgIpc) is 2.80. The Morgan fingerprint density at radius 2 is 1.09 bits per heavy atom. The molecule has 0 aliphatic carbocycles. The topological polar surface area (TPSA) is 91.7 Å². The van der Waals surface area contributed by atoms with Gasteiger partial charge in [-0.3, -0.25) is 4.55 Å². The summed E-state index contributed by atoms with van der Waals surface area (Å²) in [5.41, 5.74) is 0. The van der Waals surface area contributed by atoms with Crippen molar-refractivity contribution in [3.05, 3.63) is 60.7 Å². The van der Waals surface area contributed by atoms with E-state index in [1.165, 1.54) is 9.79 Å². The summed E-state index contributed by atoms with van der Waals surface area (Å²) in [5.74, 6) is -6.87. The fourth-order valence-electron chi connectivity index (χ4n) is 2.87. The minimum Gasteiger partial charge on any atom is -0.281 e. The third kappa shape index (κ3) is 6.31. The van der Waals surface area contributed by atoms with Gasteiger partial charge in [0, 0.05) is 22.9 Å². The van der Waals surface area contributed by atoms with E-state index in [9.17, 15) is 43.2 Å². The van der Waals surface area contributed by atoms with Crippen LogP contribution in [0.15, 0.2) is 70.5 Å². The highest BCUT2D eigenvalue weighted by Gasteiger charge is 2.82. The molecule has 0 unspecified atom stereocenters. The van der Waals surface area contributed by atoms with Crippen LogP contribution < -0.4 is 0 Å². The second kappa shape index (κ2) is 11.1. The molecule has 3 rings (SSSR count). The maximum atomic E-state index is 13.6. The van der Waals surface area contributed by atoms with Crippen molar-refractivity contribution < 1.29 is 47.7 Å². The van der Waals surface area contributed by atoms with Crippen molar-refractivity contribution in [2.45, 2.75) is 45.5 Å². The number of rotatable bonds is 7. The highest BCUT2D eigenvalue weighted by Crippen LogP contribution is 2.51. The van der Waals surface area contributed by atoms with Crippen LogP contribution in [0.25, 0.3) is 0 Å². The van der Waals surface area contributed by atoms with E-state index in [2.05, 4.69) is 48.5 Å². The second-order valence-corrected chi connectivity index (χ2v) is 11.9. The zero-order chi connectivity index (χ0) is 26.5. The lowest BCUT2D eigenvalue weighted by atomic mass is 10.2. The molecular weight excluding hydrogens is 544 g/mol. The number of hydrogen-bond donors (Lipinski definition) is 1. The molecule has 35 heavy (non-hydrogen) atoms. The molecular formula is C20H21F6NO5S3. The lowest BCUT2D eigenvalue weighted by Gasteiger charge is -2.35. The van der Waals surface area contributed by atoms with Gasteiger partial charge in [0.05, 0.1) is 0 Å². The molecule has 0 spiro atoms. The van der Waals surface area contributed by atoms with Gasteiger partial charge in [0.2, 0.25) is 0 Å². The first-order chi connectivity index (χ1) is 16.1. The van der Waals surface area contributed by atoms with Crippen molar-refractivity contribution in [2.24, 2.45) is 0 Å². The number of sulfonamides is 1. The van der Waals surface area contributed by atoms with Gasteiger partial charge in [-0.25, -0.2) is 8.42 Å². The van der Waals surface area contributed by atoms with Gasteiger partial charge < -0.3 is 0 Å². The Morgan fingerprint density at radius 3 is 1.46 bits per heavy atom. The van der Waals surface area contributed by atoms with Crippen molar-refractivity contribution in [1.82, 2.24) is 4.31 Å². The van der Waals surface area contributed by atoms with Gasteiger partial charge in [-0.15, -0.1) is 0 Å². The number of benzene rings is 2. The number of alkyl halides is 6. The predicted octanol–water partition coefficient (Wildman–Crippen LogP) is 5.35. The minimum atomic E-state index is -6.98. The van der Waals surface area contributed by atoms with Crippen LogP contribution in [0.4, 0.5) is 26.3 Å². The van der Waals surface area contributed by atoms with E-state index in [4.69, 9.17) is 4.55 Å². The standard InChI is InChI=1S/C12H10S.C8H11F6NO5S2/c1-3-7-11(8-4-1)13-12-9-5-2-6-10-12;9-6(10,8(13,14)22(18,19)20)7(11,12)21(16,17)15-4-2-1-3-5-15/h1-10H;1-5H2,(H,18,19,20). The number of piperidine rings is 1. The molecule has 0 saturated carbocycles. The van der Waals surface area contributed by atoms with E-state index in [1.807, 2.05) is 12.1 Å². The normalized spacial score (nSPS) is 16.3. The van der Waals surface area contributed by atoms with Gasteiger partial charge in [0.25, 0.3) is 10.0 Å². The Morgan fingerprint density at radius 1 is 0.686 bits per heavy atom. The van der Waals surface area contributed by atoms with Crippen LogP contribution >= 0.6 is 11.8 Å². The molecule has 0 atom stereocenters. The van der Waals surface area contributed by atoms with E-state index in [0.29, 0.717) is 6.42 Å². The molecule has 2 aromatic carbocycles. The van der Waals surface area contributed by atoms with Crippen molar-refractivity contribution in [1.29, 1.82) is 0 Å². The first kappa shape index (κ1) is 29.4. The Kier molecular flexibility index (Phi) is 9.30. The fourth-order valence-corrected chi connectivity index (χ4v) is 5.76. The van der Waals surface area contributed by atoms with Gasteiger partial charge in [0.15, 0.2) is 0 Å². The summed E-state index contributed by atoms with van der Waals surface area (Å²) in [5, 5.41) is -13.1. The summed E-state index contributed by atoms with van der Waals surface area (Å²) in [6.07, 6.45) is 0.528. The zero-order valence-electron chi connectivity index (χ0n) is 17.8. The fraction of sp³-hybridized carbons (Fsp3) is 0.400. The van der Waals surface area contributed by atoms with Crippen molar-refractivity contribution >= 4 is 31.9 Å². The summed E-state index contributed by atoms with van der Waals surface area (Å²) in [4.78, 5) is 2.57. The predicted molar refractivity (Wildman–Crippen MR) is 118 cm³/mol. The highest BCUT2D eigenvalue weighted by molar-refractivity contribution is 7.99. The van der Waals surface area contributed by atoms with Crippen LogP contribution in [0.5, 0.6) is 0 Å². The molecule has 1 fully saturated rings. The van der Waals surface area contributed by atoms with Crippen LogP contribution in [0.2, 0.25) is 0 Å². The van der Waals surface area contributed by atoms with Crippen LogP contribution in [0.1, 0.15) is 19.3 Å². The molecule has 2 aromatic rings. The van der Waals surface area contributed by atoms with Crippen LogP contribution in [0.3, 0.4) is 0 Å². The van der Waals surface area contributed by atoms with Crippen LogP contribution in [-0.2, 0) is 20.1 Å². The van der Waals surface area contributed by atoms with Gasteiger partial charge >= 0.3 is 26.5 Å². The summed E-state index contributed by atoms with van der Waals surface area (Å²) in [7, 11) is -13.2. The van der Waals surface area contributed by atoms with E-state index < -0.39 is 49.7 Å². The van der Waals surface area contributed by atoms with Crippen LogP contribution in [-0.4, -0.2) is 55.2 Å². The molecule has 0 aromatic heterocycles. The maximum Gasteiger partial charge on any atom is 0.439 e. The quantitative estimate of drug-likeness (QED) is 0.360. The van der Waals surface area contributed by atoms with E-state index in [1.54, 1.807) is 11.8 Å². The monoisotopic (exact) mass is 565 g/mol. The van der Waals surface area contributed by atoms with E-state index >= 15 is 0 Å². The SMILES string of the molecule is O=S(=O)(O)C(F)(F)C(F)(F)C(F)(F)S(=O)(=O)N1CCCCC1.c1ccc(Sc2ccccc2)cc1. The molecule has 0 bridgehead atoms.